The molecular weight excluding hydrogens is 238 g/mol. The number of anilines is 2. The van der Waals surface area contributed by atoms with Crippen LogP contribution in [-0.2, 0) is 0 Å². The zero-order valence-electron chi connectivity index (χ0n) is 12.7. The molecule has 0 radical (unpaired) electrons. The van der Waals surface area contributed by atoms with Crippen molar-refractivity contribution in [1.82, 2.24) is 14.9 Å². The van der Waals surface area contributed by atoms with Crippen molar-refractivity contribution in [3.8, 4) is 0 Å². The number of nitrogens with zero attached hydrogens (tertiary/aromatic N) is 4. The molecule has 106 valence electrons. The molecule has 2 heterocycles. The van der Waals surface area contributed by atoms with E-state index in [2.05, 4.69) is 47.9 Å². The van der Waals surface area contributed by atoms with E-state index in [9.17, 15) is 0 Å². The minimum atomic E-state index is 0.346. The van der Waals surface area contributed by atoms with Crippen molar-refractivity contribution < 1.29 is 0 Å². The van der Waals surface area contributed by atoms with E-state index in [0.717, 1.165) is 49.2 Å². The predicted octanol–water partition coefficient (Wildman–Crippen LogP) is 1.70. The van der Waals surface area contributed by atoms with Crippen molar-refractivity contribution in [2.24, 2.45) is 0 Å². The second-order valence-electron chi connectivity index (χ2n) is 5.57. The van der Waals surface area contributed by atoms with Crippen LogP contribution in [0.4, 0.5) is 11.6 Å². The largest absolute Gasteiger partial charge is 0.373 e. The van der Waals surface area contributed by atoms with Crippen LogP contribution in [0.15, 0.2) is 0 Å². The van der Waals surface area contributed by atoms with Gasteiger partial charge in [0.2, 0.25) is 0 Å². The zero-order chi connectivity index (χ0) is 14.0. The van der Waals surface area contributed by atoms with E-state index < -0.39 is 0 Å². The molecule has 0 atom stereocenters. The molecule has 2 rings (SSSR count). The van der Waals surface area contributed by atoms with E-state index in [-0.39, 0.29) is 0 Å². The predicted molar refractivity (Wildman–Crippen MR) is 80.1 cm³/mol. The summed E-state index contributed by atoms with van der Waals surface area (Å²) < 4.78 is 0. The molecule has 5 heteroatoms. The molecular formula is C14H25N5. The number of likely N-dealkylation sites (N-methyl/N-ethyl adjacent to an activating group) is 1. The van der Waals surface area contributed by atoms with E-state index >= 15 is 0 Å². The van der Waals surface area contributed by atoms with Crippen molar-refractivity contribution in [2.45, 2.75) is 26.7 Å². The van der Waals surface area contributed by atoms with Crippen molar-refractivity contribution in [1.29, 1.82) is 0 Å². The van der Waals surface area contributed by atoms with Crippen molar-refractivity contribution in [2.75, 3.05) is 50.5 Å². The molecule has 0 aromatic carbocycles. The number of nitrogens with one attached hydrogen (secondary N) is 1. The molecule has 1 aromatic rings. The standard InChI is InChI=1S/C14H25N5/c1-10(2)12-16-13(15-4)11(3)14(17-12)19-8-6-18(5)7-9-19/h10H,6-9H2,1-5H3,(H,15,16,17). The van der Waals surface area contributed by atoms with Gasteiger partial charge in [-0.05, 0) is 14.0 Å². The molecule has 1 aromatic heterocycles. The molecule has 0 aliphatic carbocycles. The van der Waals surface area contributed by atoms with Crippen LogP contribution in [0.3, 0.4) is 0 Å². The Bertz CT molecular complexity index is 436. The van der Waals surface area contributed by atoms with Gasteiger partial charge in [0.25, 0.3) is 0 Å². The highest BCUT2D eigenvalue weighted by Crippen LogP contribution is 2.26. The third-order valence-electron chi connectivity index (χ3n) is 3.69. The minimum Gasteiger partial charge on any atom is -0.373 e. The maximum atomic E-state index is 4.79. The van der Waals surface area contributed by atoms with Gasteiger partial charge in [0, 0.05) is 44.7 Å². The van der Waals surface area contributed by atoms with Gasteiger partial charge in [-0.25, -0.2) is 9.97 Å². The maximum absolute atomic E-state index is 4.79. The lowest BCUT2D eigenvalue weighted by Gasteiger charge is -2.34. The molecule has 5 nitrogen and oxygen atoms in total. The molecule has 0 spiro atoms. The van der Waals surface area contributed by atoms with Crippen LogP contribution in [-0.4, -0.2) is 55.1 Å². The average molecular weight is 263 g/mol. The van der Waals surface area contributed by atoms with Crippen molar-refractivity contribution in [3.05, 3.63) is 11.4 Å². The number of aromatic nitrogens is 2. The second kappa shape index (κ2) is 5.74. The minimum absolute atomic E-state index is 0.346. The summed E-state index contributed by atoms with van der Waals surface area (Å²) in [5, 5.41) is 3.19. The third kappa shape index (κ3) is 2.97. The Labute approximate surface area is 116 Å². The van der Waals surface area contributed by atoms with E-state index in [1.165, 1.54) is 0 Å². The monoisotopic (exact) mass is 263 g/mol. The number of hydrogen-bond donors (Lipinski definition) is 1. The molecule has 1 N–H and O–H groups in total. The number of piperazine rings is 1. The van der Waals surface area contributed by atoms with Gasteiger partial charge in [-0.1, -0.05) is 13.8 Å². The Morgan fingerprint density at radius 3 is 2.26 bits per heavy atom. The van der Waals surface area contributed by atoms with Crippen LogP contribution >= 0.6 is 0 Å². The van der Waals surface area contributed by atoms with Crippen molar-refractivity contribution >= 4 is 11.6 Å². The highest BCUT2D eigenvalue weighted by atomic mass is 15.3. The van der Waals surface area contributed by atoms with Gasteiger partial charge in [-0.3, -0.25) is 0 Å². The summed E-state index contributed by atoms with van der Waals surface area (Å²) in [5.74, 6) is 3.31. The maximum Gasteiger partial charge on any atom is 0.137 e. The first-order valence-corrected chi connectivity index (χ1v) is 7.02. The zero-order valence-corrected chi connectivity index (χ0v) is 12.7. The fraction of sp³-hybridized carbons (Fsp3) is 0.714. The van der Waals surface area contributed by atoms with Gasteiger partial charge in [-0.2, -0.15) is 0 Å². The number of hydrogen-bond acceptors (Lipinski definition) is 5. The fourth-order valence-corrected chi connectivity index (χ4v) is 2.35. The quantitative estimate of drug-likeness (QED) is 0.899. The second-order valence-corrected chi connectivity index (χ2v) is 5.57. The Hall–Kier alpha value is -1.36. The van der Waals surface area contributed by atoms with Crippen LogP contribution in [0, 0.1) is 6.92 Å². The Morgan fingerprint density at radius 2 is 1.74 bits per heavy atom. The summed E-state index contributed by atoms with van der Waals surface area (Å²) in [7, 11) is 4.09. The smallest absolute Gasteiger partial charge is 0.137 e. The average Bonchev–Trinajstić information content (AvgIpc) is 2.40. The molecule has 1 aliphatic heterocycles. The third-order valence-corrected chi connectivity index (χ3v) is 3.69. The van der Waals surface area contributed by atoms with Crippen LogP contribution in [0.5, 0.6) is 0 Å². The highest BCUT2D eigenvalue weighted by Gasteiger charge is 2.20. The lowest BCUT2D eigenvalue weighted by Crippen LogP contribution is -2.45. The fourth-order valence-electron chi connectivity index (χ4n) is 2.35. The summed E-state index contributed by atoms with van der Waals surface area (Å²) in [4.78, 5) is 14.1. The Kier molecular flexibility index (Phi) is 4.24. The first-order valence-electron chi connectivity index (χ1n) is 7.02. The summed E-state index contributed by atoms with van der Waals surface area (Å²) >= 11 is 0. The normalized spacial score (nSPS) is 17.1. The van der Waals surface area contributed by atoms with Gasteiger partial charge in [0.15, 0.2) is 0 Å². The lowest BCUT2D eigenvalue weighted by atomic mass is 10.2. The summed E-state index contributed by atoms with van der Waals surface area (Å²) in [6, 6.07) is 0. The molecule has 0 saturated carbocycles. The Balaban J connectivity index is 2.35. The first-order chi connectivity index (χ1) is 9.02. The lowest BCUT2D eigenvalue weighted by molar-refractivity contribution is 0.311. The SMILES string of the molecule is CNc1nc(C(C)C)nc(N2CCN(C)CC2)c1C. The molecule has 0 bridgehead atoms. The molecule has 0 amide bonds. The molecule has 1 saturated heterocycles. The van der Waals surface area contributed by atoms with E-state index in [1.807, 2.05) is 7.05 Å². The van der Waals surface area contributed by atoms with E-state index in [1.54, 1.807) is 0 Å². The van der Waals surface area contributed by atoms with Crippen LogP contribution in [0.1, 0.15) is 31.2 Å². The number of rotatable bonds is 3. The van der Waals surface area contributed by atoms with Crippen molar-refractivity contribution in [3.63, 3.8) is 0 Å². The summed E-state index contributed by atoms with van der Waals surface area (Å²) in [5.41, 5.74) is 1.15. The van der Waals surface area contributed by atoms with Crippen LogP contribution < -0.4 is 10.2 Å². The molecule has 1 fully saturated rings. The van der Waals surface area contributed by atoms with Crippen LogP contribution in [0.25, 0.3) is 0 Å². The highest BCUT2D eigenvalue weighted by molar-refractivity contribution is 5.58. The van der Waals surface area contributed by atoms with E-state index in [4.69, 9.17) is 4.98 Å². The summed E-state index contributed by atoms with van der Waals surface area (Å²) in [6.07, 6.45) is 0. The van der Waals surface area contributed by atoms with Gasteiger partial charge in [-0.15, -0.1) is 0 Å². The molecule has 1 aliphatic rings. The van der Waals surface area contributed by atoms with Crippen LogP contribution in [0.2, 0.25) is 0 Å². The first kappa shape index (κ1) is 14.1. The van der Waals surface area contributed by atoms with E-state index in [0.29, 0.717) is 5.92 Å². The van der Waals surface area contributed by atoms with Gasteiger partial charge in [0.1, 0.15) is 17.5 Å². The van der Waals surface area contributed by atoms with Gasteiger partial charge < -0.3 is 15.1 Å². The topological polar surface area (TPSA) is 44.3 Å². The van der Waals surface area contributed by atoms with Gasteiger partial charge >= 0.3 is 0 Å². The molecule has 0 unspecified atom stereocenters. The molecule has 19 heavy (non-hydrogen) atoms. The Morgan fingerprint density at radius 1 is 1.11 bits per heavy atom. The van der Waals surface area contributed by atoms with Gasteiger partial charge in [0.05, 0.1) is 0 Å². The summed E-state index contributed by atoms with van der Waals surface area (Å²) in [6.45, 7) is 10.6.